The molecule has 1 heterocycles. The Hall–Kier alpha value is -0.490. The topological polar surface area (TPSA) is 12.0 Å². The molecule has 0 aliphatic carbocycles. The molecule has 0 amide bonds. The summed E-state index contributed by atoms with van der Waals surface area (Å²) in [7, 11) is 0. The first-order valence-electron chi connectivity index (χ1n) is 6.91. The van der Waals surface area contributed by atoms with E-state index in [-0.39, 0.29) is 11.5 Å². The third-order valence-electron chi connectivity index (χ3n) is 3.73. The summed E-state index contributed by atoms with van der Waals surface area (Å²) >= 11 is 2.75. The third kappa shape index (κ3) is 5.02. The lowest BCUT2D eigenvalue weighted by molar-refractivity contribution is -0.105. The number of halogens is 3. The molecule has 1 saturated heterocycles. The largest absolute Gasteiger partial charge is 0.398 e. The van der Waals surface area contributed by atoms with Crippen molar-refractivity contribution < 1.29 is 13.2 Å². The molecule has 1 aliphatic heterocycles. The monoisotopic (exact) mass is 335 g/mol. The van der Waals surface area contributed by atoms with Gasteiger partial charge in [0.05, 0.1) is 5.75 Å². The molecule has 21 heavy (non-hydrogen) atoms. The maximum absolute atomic E-state index is 12.4. The molecule has 0 saturated carbocycles. The van der Waals surface area contributed by atoms with Gasteiger partial charge < -0.3 is 5.32 Å². The number of alkyl halides is 3. The van der Waals surface area contributed by atoms with E-state index < -0.39 is 11.9 Å². The van der Waals surface area contributed by atoms with Crippen molar-refractivity contribution in [2.75, 3.05) is 22.6 Å². The van der Waals surface area contributed by atoms with Crippen LogP contribution in [0.3, 0.4) is 0 Å². The van der Waals surface area contributed by atoms with Gasteiger partial charge in [0.2, 0.25) is 0 Å². The molecule has 2 rings (SSSR count). The second-order valence-electron chi connectivity index (χ2n) is 5.91. The highest BCUT2D eigenvalue weighted by atomic mass is 32.2. The highest BCUT2D eigenvalue weighted by Gasteiger charge is 2.33. The number of hydrogen-bond acceptors (Lipinski definition) is 3. The molecule has 0 bridgehead atoms. The van der Waals surface area contributed by atoms with E-state index in [0.29, 0.717) is 4.90 Å². The molecule has 1 aromatic rings. The van der Waals surface area contributed by atoms with Gasteiger partial charge in [0.1, 0.15) is 0 Å². The zero-order valence-electron chi connectivity index (χ0n) is 12.2. The number of thioether (sulfide) groups is 2. The lowest BCUT2D eigenvalue weighted by Crippen LogP contribution is -2.41. The summed E-state index contributed by atoms with van der Waals surface area (Å²) < 4.78 is 37.2. The summed E-state index contributed by atoms with van der Waals surface area (Å²) in [6.07, 6.45) is -3.02. The fourth-order valence-corrected chi connectivity index (χ4v) is 4.62. The molecule has 1 fully saturated rings. The van der Waals surface area contributed by atoms with E-state index in [0.717, 1.165) is 35.4 Å². The Morgan fingerprint density at radius 2 is 2.05 bits per heavy atom. The first-order chi connectivity index (χ1) is 9.78. The van der Waals surface area contributed by atoms with Crippen molar-refractivity contribution >= 4 is 29.2 Å². The summed E-state index contributed by atoms with van der Waals surface area (Å²) in [5, 5.41) is 3.47. The van der Waals surface area contributed by atoms with Gasteiger partial charge in [0, 0.05) is 22.4 Å². The van der Waals surface area contributed by atoms with Gasteiger partial charge in [-0.3, -0.25) is 0 Å². The standard InChI is InChI=1S/C15H20F3NS2/c1-14(2)7-8-20-9-13(14)19-11-5-3-4-6-12(11)21-10-15(16,17)18/h3-6,13,19H,7-10H2,1-2H3. The number of para-hydroxylation sites is 1. The maximum Gasteiger partial charge on any atom is 0.398 e. The Morgan fingerprint density at radius 3 is 2.71 bits per heavy atom. The zero-order chi connectivity index (χ0) is 15.5. The SMILES string of the molecule is CC1(C)CCSCC1Nc1ccccc1SCC(F)(F)F. The van der Waals surface area contributed by atoms with E-state index in [4.69, 9.17) is 0 Å². The lowest BCUT2D eigenvalue weighted by atomic mass is 9.82. The van der Waals surface area contributed by atoms with E-state index in [2.05, 4.69) is 19.2 Å². The molecule has 118 valence electrons. The highest BCUT2D eigenvalue weighted by molar-refractivity contribution is 7.99. The summed E-state index contributed by atoms with van der Waals surface area (Å²) in [4.78, 5) is 0.668. The summed E-state index contributed by atoms with van der Waals surface area (Å²) in [6.45, 7) is 4.44. The average molecular weight is 335 g/mol. The lowest BCUT2D eigenvalue weighted by Gasteiger charge is -2.39. The van der Waals surface area contributed by atoms with Crippen LogP contribution in [0.4, 0.5) is 18.9 Å². The average Bonchev–Trinajstić information content (AvgIpc) is 2.39. The van der Waals surface area contributed by atoms with Crippen LogP contribution < -0.4 is 5.32 Å². The predicted octanol–water partition coefficient (Wildman–Crippen LogP) is 5.28. The normalized spacial score (nSPS) is 22.0. The Morgan fingerprint density at radius 1 is 1.33 bits per heavy atom. The molecule has 1 aliphatic rings. The number of nitrogens with one attached hydrogen (secondary N) is 1. The van der Waals surface area contributed by atoms with Crippen LogP contribution in [-0.2, 0) is 0 Å². The van der Waals surface area contributed by atoms with Crippen LogP contribution in [0.5, 0.6) is 0 Å². The Balaban J connectivity index is 2.09. The second-order valence-corrected chi connectivity index (χ2v) is 8.08. The van der Waals surface area contributed by atoms with E-state index in [9.17, 15) is 13.2 Å². The molecule has 1 unspecified atom stereocenters. The van der Waals surface area contributed by atoms with Gasteiger partial charge in [-0.2, -0.15) is 24.9 Å². The fourth-order valence-electron chi connectivity index (χ4n) is 2.23. The van der Waals surface area contributed by atoms with Crippen molar-refractivity contribution in [3.63, 3.8) is 0 Å². The third-order valence-corrected chi connectivity index (χ3v) is 5.93. The molecule has 6 heteroatoms. The predicted molar refractivity (Wildman–Crippen MR) is 86.4 cm³/mol. The van der Waals surface area contributed by atoms with Crippen LogP contribution in [-0.4, -0.2) is 29.5 Å². The minimum absolute atomic E-state index is 0.160. The van der Waals surface area contributed by atoms with Crippen molar-refractivity contribution in [3.05, 3.63) is 24.3 Å². The van der Waals surface area contributed by atoms with Crippen molar-refractivity contribution in [1.82, 2.24) is 0 Å². The first-order valence-corrected chi connectivity index (χ1v) is 9.05. The van der Waals surface area contributed by atoms with Crippen LogP contribution in [0.15, 0.2) is 29.2 Å². The number of hydrogen-bond donors (Lipinski definition) is 1. The van der Waals surface area contributed by atoms with Gasteiger partial charge in [-0.15, -0.1) is 11.8 Å². The molecule has 0 radical (unpaired) electrons. The zero-order valence-corrected chi connectivity index (χ0v) is 13.8. The van der Waals surface area contributed by atoms with Crippen LogP contribution >= 0.6 is 23.5 Å². The van der Waals surface area contributed by atoms with E-state index in [1.165, 1.54) is 0 Å². The van der Waals surface area contributed by atoms with Gasteiger partial charge >= 0.3 is 6.18 Å². The van der Waals surface area contributed by atoms with Gasteiger partial charge in [-0.05, 0) is 29.7 Å². The first kappa shape index (κ1) is 16.9. The van der Waals surface area contributed by atoms with E-state index in [1.807, 2.05) is 23.9 Å². The van der Waals surface area contributed by atoms with Crippen molar-refractivity contribution in [2.24, 2.45) is 5.41 Å². The molecular weight excluding hydrogens is 315 g/mol. The number of rotatable bonds is 4. The van der Waals surface area contributed by atoms with Gasteiger partial charge in [-0.1, -0.05) is 26.0 Å². The van der Waals surface area contributed by atoms with Crippen LogP contribution in [0, 0.1) is 5.41 Å². The highest BCUT2D eigenvalue weighted by Crippen LogP contribution is 2.38. The Kier molecular flexibility index (Phi) is 5.41. The van der Waals surface area contributed by atoms with E-state index >= 15 is 0 Å². The smallest absolute Gasteiger partial charge is 0.380 e. The number of benzene rings is 1. The molecule has 1 N–H and O–H groups in total. The molecule has 1 aromatic carbocycles. The minimum atomic E-state index is -4.14. The van der Waals surface area contributed by atoms with E-state index in [1.54, 1.807) is 12.1 Å². The molecule has 1 atom stereocenters. The van der Waals surface area contributed by atoms with Crippen molar-refractivity contribution in [3.8, 4) is 0 Å². The van der Waals surface area contributed by atoms with Gasteiger partial charge in [-0.25, -0.2) is 0 Å². The Bertz CT molecular complexity index is 474. The van der Waals surface area contributed by atoms with Crippen LogP contribution in [0.1, 0.15) is 20.3 Å². The van der Waals surface area contributed by atoms with Crippen LogP contribution in [0.2, 0.25) is 0 Å². The Labute approximate surface area is 132 Å². The molecule has 0 aromatic heterocycles. The molecular formula is C15H20F3NS2. The molecule has 1 nitrogen and oxygen atoms in total. The van der Waals surface area contributed by atoms with Gasteiger partial charge in [0.25, 0.3) is 0 Å². The molecule has 0 spiro atoms. The summed E-state index contributed by atoms with van der Waals surface area (Å²) in [5.41, 5.74) is 0.972. The quantitative estimate of drug-likeness (QED) is 0.751. The second kappa shape index (κ2) is 6.73. The van der Waals surface area contributed by atoms with Gasteiger partial charge in [0.15, 0.2) is 0 Å². The van der Waals surface area contributed by atoms with Crippen LogP contribution in [0.25, 0.3) is 0 Å². The summed E-state index contributed by atoms with van der Waals surface area (Å²) in [6, 6.07) is 7.55. The fraction of sp³-hybridized carbons (Fsp3) is 0.600. The maximum atomic E-state index is 12.4. The summed E-state index contributed by atoms with van der Waals surface area (Å²) in [5.74, 6) is 1.29. The minimum Gasteiger partial charge on any atom is -0.380 e. The number of anilines is 1. The van der Waals surface area contributed by atoms with Crippen molar-refractivity contribution in [2.45, 2.75) is 37.4 Å². The van der Waals surface area contributed by atoms with Crippen molar-refractivity contribution in [1.29, 1.82) is 0 Å².